The zero-order valence-corrected chi connectivity index (χ0v) is 7.15. The van der Waals surface area contributed by atoms with Crippen LogP contribution in [0.5, 0.6) is 0 Å². The lowest BCUT2D eigenvalue weighted by atomic mass is 10.3. The second-order valence-corrected chi connectivity index (χ2v) is 2.84. The first-order valence-corrected chi connectivity index (χ1v) is 3.86. The van der Waals surface area contributed by atoms with Crippen molar-refractivity contribution in [2.75, 3.05) is 5.73 Å². The normalized spacial score (nSPS) is 10.2. The van der Waals surface area contributed by atoms with Crippen LogP contribution in [-0.2, 0) is 0 Å². The van der Waals surface area contributed by atoms with E-state index in [-0.39, 0.29) is 0 Å². The van der Waals surface area contributed by atoms with Crippen LogP contribution in [0.25, 0.3) is 5.52 Å². The Hall–Kier alpha value is -2.02. The van der Waals surface area contributed by atoms with Crippen LogP contribution < -0.4 is 5.73 Å². The molecule has 0 saturated heterocycles. The number of aryl methyl sites for hydroxylation is 1. The zero-order chi connectivity index (χ0) is 9.42. The molecule has 2 heterocycles. The van der Waals surface area contributed by atoms with Gasteiger partial charge in [-0.15, -0.1) is 0 Å². The van der Waals surface area contributed by atoms with E-state index in [1.807, 2.05) is 17.4 Å². The van der Waals surface area contributed by atoms with E-state index in [2.05, 4.69) is 4.98 Å². The molecule has 0 saturated carbocycles. The fourth-order valence-electron chi connectivity index (χ4n) is 1.33. The maximum absolute atomic E-state index is 8.76. The van der Waals surface area contributed by atoms with E-state index >= 15 is 0 Å². The van der Waals surface area contributed by atoms with Crippen molar-refractivity contribution in [2.45, 2.75) is 6.92 Å². The third kappa shape index (κ3) is 1.02. The van der Waals surface area contributed by atoms with Crippen molar-refractivity contribution in [3.8, 4) is 6.07 Å². The molecule has 4 heteroatoms. The number of pyridine rings is 1. The molecule has 0 bridgehead atoms. The van der Waals surface area contributed by atoms with Gasteiger partial charge in [-0.3, -0.25) is 0 Å². The summed E-state index contributed by atoms with van der Waals surface area (Å²) in [5, 5.41) is 8.76. The Balaban J connectivity index is 2.90. The van der Waals surface area contributed by atoms with E-state index in [0.29, 0.717) is 11.4 Å². The van der Waals surface area contributed by atoms with Crippen LogP contribution in [0, 0.1) is 18.3 Å². The topological polar surface area (TPSA) is 67.1 Å². The second-order valence-electron chi connectivity index (χ2n) is 2.84. The number of nitrogens with two attached hydrogens (primary N) is 1. The van der Waals surface area contributed by atoms with E-state index in [1.165, 1.54) is 0 Å². The van der Waals surface area contributed by atoms with Crippen LogP contribution in [0.3, 0.4) is 0 Å². The molecule has 2 aromatic rings. The van der Waals surface area contributed by atoms with Gasteiger partial charge in [-0.05, 0) is 19.1 Å². The van der Waals surface area contributed by atoms with Crippen molar-refractivity contribution in [1.29, 1.82) is 5.26 Å². The third-order valence-corrected chi connectivity index (χ3v) is 1.94. The first-order valence-electron chi connectivity index (χ1n) is 3.86. The molecule has 0 atom stereocenters. The lowest BCUT2D eigenvalue weighted by molar-refractivity contribution is 1.04. The van der Waals surface area contributed by atoms with Crippen molar-refractivity contribution < 1.29 is 0 Å². The summed E-state index contributed by atoms with van der Waals surface area (Å²) < 4.78 is 1.81. The van der Waals surface area contributed by atoms with E-state index in [1.54, 1.807) is 18.3 Å². The summed E-state index contributed by atoms with van der Waals surface area (Å²) in [5.41, 5.74) is 7.52. The summed E-state index contributed by atoms with van der Waals surface area (Å²) in [6, 6.07) is 5.60. The van der Waals surface area contributed by atoms with Gasteiger partial charge < -0.3 is 10.1 Å². The molecule has 0 aliphatic rings. The van der Waals surface area contributed by atoms with Gasteiger partial charge in [-0.2, -0.15) is 5.26 Å². The van der Waals surface area contributed by atoms with Crippen molar-refractivity contribution in [3.05, 3.63) is 29.8 Å². The third-order valence-electron chi connectivity index (χ3n) is 1.94. The highest BCUT2D eigenvalue weighted by Gasteiger charge is 2.06. The maximum Gasteiger partial charge on any atom is 0.166 e. The van der Waals surface area contributed by atoms with Crippen LogP contribution in [0.2, 0.25) is 0 Å². The smallest absolute Gasteiger partial charge is 0.166 e. The number of fused-ring (bicyclic) bond motifs is 1. The molecule has 2 N–H and O–H groups in total. The van der Waals surface area contributed by atoms with Crippen molar-refractivity contribution in [1.82, 2.24) is 9.38 Å². The Morgan fingerprint density at radius 1 is 1.54 bits per heavy atom. The Labute approximate surface area is 75.2 Å². The molecule has 0 aliphatic heterocycles. The Kier molecular flexibility index (Phi) is 1.46. The first-order chi connectivity index (χ1) is 6.22. The number of anilines is 1. The SMILES string of the molecule is Cc1nc(C#N)c2ccc(N)cn12. The summed E-state index contributed by atoms with van der Waals surface area (Å²) >= 11 is 0. The van der Waals surface area contributed by atoms with Gasteiger partial charge in [0.1, 0.15) is 11.9 Å². The zero-order valence-electron chi connectivity index (χ0n) is 7.15. The molecular formula is C9H8N4. The number of nitrogen functional groups attached to an aromatic ring is 1. The van der Waals surface area contributed by atoms with Crippen LogP contribution in [0.1, 0.15) is 11.5 Å². The molecule has 13 heavy (non-hydrogen) atoms. The molecule has 64 valence electrons. The minimum Gasteiger partial charge on any atom is -0.398 e. The molecule has 0 unspecified atom stereocenters. The molecule has 2 aromatic heterocycles. The average molecular weight is 172 g/mol. The fourth-order valence-corrected chi connectivity index (χ4v) is 1.33. The highest BCUT2D eigenvalue weighted by atomic mass is 15.0. The Morgan fingerprint density at radius 3 is 3.00 bits per heavy atom. The number of nitrogens with zero attached hydrogens (tertiary/aromatic N) is 3. The minimum atomic E-state index is 0.442. The van der Waals surface area contributed by atoms with E-state index in [9.17, 15) is 0 Å². The van der Waals surface area contributed by atoms with E-state index < -0.39 is 0 Å². The molecule has 0 fully saturated rings. The number of nitriles is 1. The van der Waals surface area contributed by atoms with Crippen molar-refractivity contribution in [3.63, 3.8) is 0 Å². The summed E-state index contributed by atoms with van der Waals surface area (Å²) in [7, 11) is 0. The van der Waals surface area contributed by atoms with Crippen molar-refractivity contribution >= 4 is 11.2 Å². The van der Waals surface area contributed by atoms with E-state index in [4.69, 9.17) is 11.0 Å². The predicted octanol–water partition coefficient (Wildman–Crippen LogP) is 1.10. The number of aromatic nitrogens is 2. The van der Waals surface area contributed by atoms with Gasteiger partial charge >= 0.3 is 0 Å². The van der Waals surface area contributed by atoms with Crippen LogP contribution in [0.15, 0.2) is 18.3 Å². The standard InChI is InChI=1S/C9H8N4/c1-6-12-8(4-10)9-3-2-7(11)5-13(6)9/h2-3,5H,11H2,1H3. The Bertz CT molecular complexity index is 504. The molecular weight excluding hydrogens is 164 g/mol. The van der Waals surface area contributed by atoms with Gasteiger partial charge in [0.2, 0.25) is 0 Å². The van der Waals surface area contributed by atoms with Gasteiger partial charge in [-0.25, -0.2) is 4.98 Å². The first kappa shape index (κ1) is 7.62. The van der Waals surface area contributed by atoms with Gasteiger partial charge in [0.15, 0.2) is 5.69 Å². The van der Waals surface area contributed by atoms with E-state index in [0.717, 1.165) is 11.3 Å². The van der Waals surface area contributed by atoms with Gasteiger partial charge in [0, 0.05) is 11.9 Å². The summed E-state index contributed by atoms with van der Waals surface area (Å²) in [6.45, 7) is 1.84. The quantitative estimate of drug-likeness (QED) is 0.647. The lowest BCUT2D eigenvalue weighted by Gasteiger charge is -1.96. The highest BCUT2D eigenvalue weighted by molar-refractivity contribution is 5.61. The van der Waals surface area contributed by atoms with Gasteiger partial charge in [0.05, 0.1) is 5.52 Å². The summed E-state index contributed by atoms with van der Waals surface area (Å²) in [6.07, 6.45) is 1.76. The molecule has 0 spiro atoms. The molecule has 4 nitrogen and oxygen atoms in total. The highest BCUT2D eigenvalue weighted by Crippen LogP contribution is 2.14. The molecule has 0 radical (unpaired) electrons. The van der Waals surface area contributed by atoms with Crippen LogP contribution in [-0.4, -0.2) is 9.38 Å². The molecule has 0 aromatic carbocycles. The van der Waals surface area contributed by atoms with Crippen LogP contribution in [0.4, 0.5) is 5.69 Å². The predicted molar refractivity (Wildman–Crippen MR) is 49.1 cm³/mol. The molecule has 0 amide bonds. The number of hydrogen-bond acceptors (Lipinski definition) is 3. The van der Waals surface area contributed by atoms with Crippen LogP contribution >= 0.6 is 0 Å². The van der Waals surface area contributed by atoms with Gasteiger partial charge in [0.25, 0.3) is 0 Å². The minimum absolute atomic E-state index is 0.442. The fraction of sp³-hybridized carbons (Fsp3) is 0.111. The number of rotatable bonds is 0. The van der Waals surface area contributed by atoms with Crippen molar-refractivity contribution in [2.24, 2.45) is 0 Å². The summed E-state index contributed by atoms with van der Waals surface area (Å²) in [4.78, 5) is 4.10. The molecule has 2 rings (SSSR count). The Morgan fingerprint density at radius 2 is 2.31 bits per heavy atom. The van der Waals surface area contributed by atoms with Gasteiger partial charge in [-0.1, -0.05) is 0 Å². The molecule has 0 aliphatic carbocycles. The average Bonchev–Trinajstić information content (AvgIpc) is 2.43. The second kappa shape index (κ2) is 2.49. The lowest BCUT2D eigenvalue weighted by Crippen LogP contribution is -1.91. The number of imidazole rings is 1. The largest absolute Gasteiger partial charge is 0.398 e. The summed E-state index contributed by atoms with van der Waals surface area (Å²) in [5.74, 6) is 0.777. The number of hydrogen-bond donors (Lipinski definition) is 1. The maximum atomic E-state index is 8.76. The monoisotopic (exact) mass is 172 g/mol.